The molecule has 0 saturated carbocycles. The van der Waals surface area contributed by atoms with Crippen LogP contribution in [-0.4, -0.2) is 66.3 Å². The van der Waals surface area contributed by atoms with E-state index in [4.69, 9.17) is 9.47 Å². The smallest absolute Gasteiger partial charge is 0.410 e. The van der Waals surface area contributed by atoms with Gasteiger partial charge in [0, 0.05) is 32.8 Å². The number of nitrogens with zero attached hydrogens (tertiary/aromatic N) is 3. The van der Waals surface area contributed by atoms with Crippen molar-refractivity contribution in [3.8, 4) is 0 Å². The third-order valence-electron chi connectivity index (χ3n) is 4.88. The Bertz CT molecular complexity index is 720. The minimum atomic E-state index is -0.470. The van der Waals surface area contributed by atoms with Crippen LogP contribution in [0.3, 0.4) is 0 Å². The van der Waals surface area contributed by atoms with Gasteiger partial charge in [0.2, 0.25) is 0 Å². The highest BCUT2D eigenvalue weighted by Crippen LogP contribution is 2.19. The molecule has 2 aliphatic heterocycles. The van der Waals surface area contributed by atoms with Crippen molar-refractivity contribution in [2.24, 2.45) is 4.99 Å². The highest BCUT2D eigenvalue weighted by atomic mass is 127. The van der Waals surface area contributed by atoms with Crippen LogP contribution < -0.4 is 5.32 Å². The van der Waals surface area contributed by atoms with Gasteiger partial charge in [0.1, 0.15) is 5.60 Å². The molecule has 1 amide bonds. The second kappa shape index (κ2) is 10.5. The lowest BCUT2D eigenvalue weighted by Gasteiger charge is -2.39. The SMILES string of the molecule is CCOCc1ccccc1CNC1=NCC2CN(C(=O)OC(C)(C)C)CCN12.I. The van der Waals surface area contributed by atoms with Crippen LogP contribution in [0.15, 0.2) is 29.3 Å². The number of rotatable bonds is 5. The fourth-order valence-corrected chi connectivity index (χ4v) is 3.48. The van der Waals surface area contributed by atoms with E-state index in [1.165, 1.54) is 11.1 Å². The van der Waals surface area contributed by atoms with E-state index < -0.39 is 5.60 Å². The van der Waals surface area contributed by atoms with Crippen molar-refractivity contribution in [2.45, 2.75) is 52.5 Å². The molecule has 162 valence electrons. The van der Waals surface area contributed by atoms with Crippen LogP contribution in [0.5, 0.6) is 0 Å². The Morgan fingerprint density at radius 3 is 2.66 bits per heavy atom. The molecule has 1 aromatic carbocycles. The number of aliphatic imine (C=N–C) groups is 1. The van der Waals surface area contributed by atoms with Gasteiger partial charge in [-0.1, -0.05) is 24.3 Å². The van der Waals surface area contributed by atoms with Crippen LogP contribution in [-0.2, 0) is 22.6 Å². The van der Waals surface area contributed by atoms with Crippen molar-refractivity contribution in [1.29, 1.82) is 0 Å². The number of benzene rings is 1. The molecule has 1 N–H and O–H groups in total. The third kappa shape index (κ3) is 6.47. The van der Waals surface area contributed by atoms with E-state index in [2.05, 4.69) is 27.3 Å². The van der Waals surface area contributed by atoms with Gasteiger partial charge in [-0.25, -0.2) is 4.79 Å². The van der Waals surface area contributed by atoms with Crippen molar-refractivity contribution < 1.29 is 14.3 Å². The fourth-order valence-electron chi connectivity index (χ4n) is 3.48. The van der Waals surface area contributed by atoms with Crippen LogP contribution in [0.25, 0.3) is 0 Å². The van der Waals surface area contributed by atoms with E-state index >= 15 is 0 Å². The fraction of sp³-hybridized carbons (Fsp3) is 0.619. The molecule has 0 aromatic heterocycles. The molecular weight excluding hydrogens is 483 g/mol. The zero-order chi connectivity index (χ0) is 20.1. The first kappa shape index (κ1) is 23.7. The van der Waals surface area contributed by atoms with Gasteiger partial charge < -0.3 is 24.6 Å². The summed E-state index contributed by atoms with van der Waals surface area (Å²) in [5.41, 5.74) is 1.94. The average Bonchev–Trinajstić information content (AvgIpc) is 3.06. The standard InChI is InChI=1S/C21H32N4O3.HI/c1-5-27-15-17-9-7-6-8-16(17)12-22-19-23-13-18-14-24(10-11-25(18)19)20(26)28-21(2,3)4;/h6-9,18H,5,10-15H2,1-4H3,(H,22,23);1H. The second-order valence-corrected chi connectivity index (χ2v) is 8.20. The third-order valence-corrected chi connectivity index (χ3v) is 4.88. The molecular formula is C21H33IN4O3. The molecule has 29 heavy (non-hydrogen) atoms. The first-order valence-electron chi connectivity index (χ1n) is 10.0. The maximum Gasteiger partial charge on any atom is 0.410 e. The van der Waals surface area contributed by atoms with Gasteiger partial charge in [0.15, 0.2) is 5.96 Å². The highest BCUT2D eigenvalue weighted by molar-refractivity contribution is 14.0. The van der Waals surface area contributed by atoms with Crippen LogP contribution >= 0.6 is 24.0 Å². The topological polar surface area (TPSA) is 66.4 Å². The normalized spacial score (nSPS) is 18.6. The molecule has 1 fully saturated rings. The number of nitrogens with one attached hydrogen (secondary N) is 1. The van der Waals surface area contributed by atoms with Gasteiger partial charge in [-0.15, -0.1) is 24.0 Å². The Kier molecular flexibility index (Phi) is 8.57. The number of hydrogen-bond acceptors (Lipinski definition) is 6. The Morgan fingerprint density at radius 1 is 1.24 bits per heavy atom. The number of piperazine rings is 1. The quantitative estimate of drug-likeness (QED) is 0.609. The number of carbonyl (C=O) groups is 1. The number of fused-ring (bicyclic) bond motifs is 1. The number of amides is 1. The Hall–Kier alpha value is -1.55. The highest BCUT2D eigenvalue weighted by Gasteiger charge is 2.36. The lowest BCUT2D eigenvalue weighted by molar-refractivity contribution is 0.0137. The minimum absolute atomic E-state index is 0. The predicted molar refractivity (Wildman–Crippen MR) is 125 cm³/mol. The monoisotopic (exact) mass is 516 g/mol. The lowest BCUT2D eigenvalue weighted by Crippen LogP contribution is -2.57. The summed E-state index contributed by atoms with van der Waals surface area (Å²) in [6.07, 6.45) is -0.238. The molecule has 3 rings (SSSR count). The molecule has 0 bridgehead atoms. The van der Waals surface area contributed by atoms with E-state index in [1.807, 2.05) is 39.8 Å². The van der Waals surface area contributed by atoms with Crippen molar-refractivity contribution in [2.75, 3.05) is 32.8 Å². The van der Waals surface area contributed by atoms with E-state index in [-0.39, 0.29) is 36.1 Å². The Labute approximate surface area is 190 Å². The van der Waals surface area contributed by atoms with Crippen LogP contribution in [0.1, 0.15) is 38.8 Å². The number of guanidine groups is 1. The summed E-state index contributed by atoms with van der Waals surface area (Å²) in [6, 6.07) is 8.52. The zero-order valence-corrected chi connectivity index (χ0v) is 20.1. The maximum atomic E-state index is 12.3. The first-order valence-corrected chi connectivity index (χ1v) is 10.0. The van der Waals surface area contributed by atoms with E-state index in [1.54, 1.807) is 4.90 Å². The summed E-state index contributed by atoms with van der Waals surface area (Å²) in [5, 5.41) is 3.48. The van der Waals surface area contributed by atoms with E-state index in [0.717, 1.165) is 12.5 Å². The molecule has 7 nitrogen and oxygen atoms in total. The molecule has 0 radical (unpaired) electrons. The molecule has 1 aromatic rings. The van der Waals surface area contributed by atoms with Gasteiger partial charge in [-0.3, -0.25) is 4.99 Å². The molecule has 8 heteroatoms. The summed E-state index contributed by atoms with van der Waals surface area (Å²) in [5.74, 6) is 0.917. The number of ether oxygens (including phenoxy) is 2. The molecule has 1 unspecified atom stereocenters. The average molecular weight is 516 g/mol. The molecule has 1 saturated heterocycles. The second-order valence-electron chi connectivity index (χ2n) is 8.20. The molecule has 0 spiro atoms. The van der Waals surface area contributed by atoms with Gasteiger partial charge in [-0.05, 0) is 38.8 Å². The zero-order valence-electron chi connectivity index (χ0n) is 17.8. The summed E-state index contributed by atoms with van der Waals surface area (Å²) in [4.78, 5) is 21.1. The van der Waals surface area contributed by atoms with Crippen LogP contribution in [0.4, 0.5) is 4.79 Å². The number of halogens is 1. The van der Waals surface area contributed by atoms with Gasteiger partial charge in [0.05, 0.1) is 19.2 Å². The van der Waals surface area contributed by atoms with Crippen molar-refractivity contribution in [3.63, 3.8) is 0 Å². The van der Waals surface area contributed by atoms with Crippen molar-refractivity contribution >= 4 is 36.0 Å². The van der Waals surface area contributed by atoms with E-state index in [0.29, 0.717) is 39.4 Å². The molecule has 1 atom stereocenters. The number of hydrogen-bond donors (Lipinski definition) is 1. The first-order chi connectivity index (χ1) is 13.4. The van der Waals surface area contributed by atoms with E-state index in [9.17, 15) is 4.79 Å². The Balaban J connectivity index is 0.00000300. The largest absolute Gasteiger partial charge is 0.444 e. The predicted octanol–water partition coefficient (Wildman–Crippen LogP) is 3.22. The number of carbonyl (C=O) groups excluding carboxylic acids is 1. The van der Waals surface area contributed by atoms with Gasteiger partial charge in [-0.2, -0.15) is 0 Å². The van der Waals surface area contributed by atoms with Crippen LogP contribution in [0.2, 0.25) is 0 Å². The molecule has 0 aliphatic carbocycles. The van der Waals surface area contributed by atoms with Gasteiger partial charge in [0.25, 0.3) is 0 Å². The minimum Gasteiger partial charge on any atom is -0.444 e. The maximum absolute atomic E-state index is 12.3. The summed E-state index contributed by atoms with van der Waals surface area (Å²) in [7, 11) is 0. The molecule has 2 aliphatic rings. The summed E-state index contributed by atoms with van der Waals surface area (Å²) < 4.78 is 11.1. The van der Waals surface area contributed by atoms with Crippen molar-refractivity contribution in [3.05, 3.63) is 35.4 Å². The van der Waals surface area contributed by atoms with Gasteiger partial charge >= 0.3 is 6.09 Å². The van der Waals surface area contributed by atoms with Crippen molar-refractivity contribution in [1.82, 2.24) is 15.1 Å². The summed E-state index contributed by atoms with van der Waals surface area (Å²) in [6.45, 7) is 12.5. The van der Waals surface area contributed by atoms with Crippen LogP contribution in [0, 0.1) is 0 Å². The lowest BCUT2D eigenvalue weighted by atomic mass is 10.1. The summed E-state index contributed by atoms with van der Waals surface area (Å²) >= 11 is 0. The molecule has 2 heterocycles. The Morgan fingerprint density at radius 2 is 1.97 bits per heavy atom.